The molecule has 1 heteroatoms. The minimum absolute atomic E-state index is 0.896. The van der Waals surface area contributed by atoms with E-state index in [2.05, 4.69) is 19.2 Å². The largest absolute Gasteiger partial charge is 0.311 e. The Bertz CT molecular complexity index is 211. The highest BCUT2D eigenvalue weighted by atomic mass is 15.0. The van der Waals surface area contributed by atoms with Gasteiger partial charge in [0.25, 0.3) is 0 Å². The van der Waals surface area contributed by atoms with E-state index in [4.69, 9.17) is 0 Å². The molecule has 1 nitrogen and oxygen atoms in total. The third kappa shape index (κ3) is 1.09. The van der Waals surface area contributed by atoms with Gasteiger partial charge in [0.2, 0.25) is 0 Å². The number of piperidine rings is 1. The molecule has 0 amide bonds. The van der Waals surface area contributed by atoms with Crippen LogP contribution in [0.25, 0.3) is 0 Å². The van der Waals surface area contributed by atoms with Crippen molar-refractivity contribution in [1.29, 1.82) is 0 Å². The summed E-state index contributed by atoms with van der Waals surface area (Å²) in [6.45, 7) is 4.82. The van der Waals surface area contributed by atoms with Crippen LogP contribution >= 0.6 is 0 Å². The first-order chi connectivity index (χ1) is 6.25. The second-order valence-electron chi connectivity index (χ2n) is 5.75. The minimum Gasteiger partial charge on any atom is -0.311 e. The van der Waals surface area contributed by atoms with Crippen molar-refractivity contribution in [2.24, 2.45) is 23.7 Å². The fourth-order valence-electron chi connectivity index (χ4n) is 4.07. The predicted molar refractivity (Wildman–Crippen MR) is 54.5 cm³/mol. The fourth-order valence-corrected chi connectivity index (χ4v) is 4.07. The smallest absolute Gasteiger partial charge is 0.0101 e. The second kappa shape index (κ2) is 2.73. The van der Waals surface area contributed by atoms with Crippen molar-refractivity contribution >= 4 is 0 Å². The highest BCUT2D eigenvalue weighted by Gasteiger charge is 2.51. The molecule has 5 atom stereocenters. The molecule has 4 unspecified atom stereocenters. The van der Waals surface area contributed by atoms with E-state index >= 15 is 0 Å². The number of fused-ring (bicyclic) bond motifs is 4. The lowest BCUT2D eigenvalue weighted by atomic mass is 9.56. The van der Waals surface area contributed by atoms with Crippen LogP contribution in [0.2, 0.25) is 0 Å². The lowest BCUT2D eigenvalue weighted by Crippen LogP contribution is -2.55. The molecule has 0 spiro atoms. The van der Waals surface area contributed by atoms with Crippen molar-refractivity contribution < 1.29 is 0 Å². The lowest BCUT2D eigenvalue weighted by molar-refractivity contribution is -0.0169. The van der Waals surface area contributed by atoms with Crippen LogP contribution in [0.15, 0.2) is 0 Å². The first-order valence-electron chi connectivity index (χ1n) is 6.01. The van der Waals surface area contributed by atoms with Gasteiger partial charge >= 0.3 is 0 Å². The van der Waals surface area contributed by atoms with E-state index in [1.807, 2.05) is 0 Å². The third-order valence-electron chi connectivity index (χ3n) is 4.85. The Balaban J connectivity index is 1.74. The van der Waals surface area contributed by atoms with Gasteiger partial charge in [-0.2, -0.15) is 0 Å². The molecule has 3 fully saturated rings. The minimum atomic E-state index is 0.896. The molecular weight excluding hydrogens is 158 g/mol. The average molecular weight is 179 g/mol. The normalized spacial score (nSPS) is 53.3. The van der Waals surface area contributed by atoms with Crippen LogP contribution in [-0.4, -0.2) is 12.1 Å². The molecule has 3 aliphatic rings. The molecule has 1 aliphatic carbocycles. The molecule has 2 saturated heterocycles. The quantitative estimate of drug-likeness (QED) is 0.652. The van der Waals surface area contributed by atoms with Gasteiger partial charge in [-0.15, -0.1) is 0 Å². The van der Waals surface area contributed by atoms with Gasteiger partial charge in [-0.05, 0) is 49.4 Å². The van der Waals surface area contributed by atoms with Gasteiger partial charge in [0.05, 0.1) is 0 Å². The summed E-state index contributed by atoms with van der Waals surface area (Å²) < 4.78 is 0. The average Bonchev–Trinajstić information content (AvgIpc) is 2.41. The summed E-state index contributed by atoms with van der Waals surface area (Å²) in [6.07, 6.45) is 5.94. The summed E-state index contributed by atoms with van der Waals surface area (Å²) in [6, 6.07) is 1.81. The van der Waals surface area contributed by atoms with E-state index in [0.29, 0.717) is 0 Å². The zero-order valence-corrected chi connectivity index (χ0v) is 8.79. The van der Waals surface area contributed by atoms with Gasteiger partial charge in [-0.25, -0.2) is 0 Å². The highest BCUT2D eigenvalue weighted by Crippen LogP contribution is 2.53. The van der Waals surface area contributed by atoms with Gasteiger partial charge in [-0.1, -0.05) is 13.8 Å². The summed E-state index contributed by atoms with van der Waals surface area (Å²) in [7, 11) is 0. The van der Waals surface area contributed by atoms with Crippen molar-refractivity contribution in [3.05, 3.63) is 0 Å². The highest BCUT2D eigenvalue weighted by molar-refractivity contribution is 5.05. The molecule has 2 aliphatic heterocycles. The first kappa shape index (κ1) is 8.28. The second-order valence-corrected chi connectivity index (χ2v) is 5.75. The van der Waals surface area contributed by atoms with Crippen molar-refractivity contribution in [3.8, 4) is 0 Å². The summed E-state index contributed by atoms with van der Waals surface area (Å²) in [4.78, 5) is 0. The maximum absolute atomic E-state index is 3.78. The Hall–Kier alpha value is -0.0400. The number of hydrogen-bond acceptors (Lipinski definition) is 1. The number of nitrogens with one attached hydrogen (secondary N) is 1. The molecule has 3 rings (SSSR count). The number of rotatable bonds is 1. The van der Waals surface area contributed by atoms with E-state index < -0.39 is 0 Å². The van der Waals surface area contributed by atoms with Gasteiger partial charge in [0.1, 0.15) is 0 Å². The Morgan fingerprint density at radius 3 is 2.69 bits per heavy atom. The van der Waals surface area contributed by atoms with Gasteiger partial charge in [0.15, 0.2) is 0 Å². The monoisotopic (exact) mass is 179 g/mol. The van der Waals surface area contributed by atoms with Crippen LogP contribution in [0, 0.1) is 23.7 Å². The zero-order valence-electron chi connectivity index (χ0n) is 8.79. The molecule has 0 aromatic rings. The molecule has 0 radical (unpaired) electrons. The molecule has 74 valence electrons. The SMILES string of the molecule is CC(C)C1CC2C3CCC(C[C@H]12)N3. The molecule has 1 N–H and O–H groups in total. The van der Waals surface area contributed by atoms with Gasteiger partial charge in [0, 0.05) is 12.1 Å². The summed E-state index contributed by atoms with van der Waals surface area (Å²) >= 11 is 0. The Kier molecular flexibility index (Phi) is 1.74. The van der Waals surface area contributed by atoms with E-state index in [1.54, 1.807) is 0 Å². The Labute approximate surface area is 81.3 Å². The van der Waals surface area contributed by atoms with Crippen molar-refractivity contribution in [3.63, 3.8) is 0 Å². The van der Waals surface area contributed by atoms with Crippen molar-refractivity contribution in [2.75, 3.05) is 0 Å². The van der Waals surface area contributed by atoms with E-state index in [1.165, 1.54) is 25.7 Å². The summed E-state index contributed by atoms with van der Waals surface area (Å²) in [5.74, 6) is 4.15. The molecular formula is C12H21N. The van der Waals surface area contributed by atoms with Crippen LogP contribution in [0.4, 0.5) is 0 Å². The fraction of sp³-hybridized carbons (Fsp3) is 1.00. The Morgan fingerprint density at radius 2 is 1.92 bits per heavy atom. The molecule has 2 bridgehead atoms. The molecule has 0 aromatic heterocycles. The Morgan fingerprint density at radius 1 is 1.08 bits per heavy atom. The van der Waals surface area contributed by atoms with Crippen molar-refractivity contribution in [1.82, 2.24) is 5.32 Å². The molecule has 1 saturated carbocycles. The zero-order chi connectivity index (χ0) is 9.00. The number of hydrogen-bond donors (Lipinski definition) is 1. The van der Waals surface area contributed by atoms with Gasteiger partial charge in [-0.3, -0.25) is 0 Å². The van der Waals surface area contributed by atoms with Crippen molar-refractivity contribution in [2.45, 2.75) is 51.6 Å². The predicted octanol–water partition coefficient (Wildman–Crippen LogP) is 2.42. The van der Waals surface area contributed by atoms with Crippen LogP contribution in [-0.2, 0) is 0 Å². The van der Waals surface area contributed by atoms with E-state index in [0.717, 1.165) is 35.8 Å². The topological polar surface area (TPSA) is 12.0 Å². The molecule has 2 heterocycles. The first-order valence-corrected chi connectivity index (χ1v) is 6.01. The summed E-state index contributed by atoms with van der Waals surface area (Å²) in [5.41, 5.74) is 0. The van der Waals surface area contributed by atoms with Crippen LogP contribution < -0.4 is 5.32 Å². The van der Waals surface area contributed by atoms with Crippen LogP contribution in [0.5, 0.6) is 0 Å². The lowest BCUT2D eigenvalue weighted by Gasteiger charge is -2.53. The van der Waals surface area contributed by atoms with Crippen LogP contribution in [0.3, 0.4) is 0 Å². The summed E-state index contributed by atoms with van der Waals surface area (Å²) in [5, 5.41) is 3.78. The molecule has 13 heavy (non-hydrogen) atoms. The van der Waals surface area contributed by atoms with E-state index in [-0.39, 0.29) is 0 Å². The van der Waals surface area contributed by atoms with Gasteiger partial charge < -0.3 is 5.32 Å². The third-order valence-corrected chi connectivity index (χ3v) is 4.85. The van der Waals surface area contributed by atoms with E-state index in [9.17, 15) is 0 Å². The standard InChI is InChI=1S/C12H21N/c1-7(2)9-6-11-10(9)5-8-3-4-12(11)13-8/h7-13H,3-6H2,1-2H3/t8?,9?,10-,11?,12?/m1/s1. The maximum atomic E-state index is 3.78. The molecule has 0 aromatic carbocycles. The maximum Gasteiger partial charge on any atom is 0.0101 e. The van der Waals surface area contributed by atoms with Crippen LogP contribution in [0.1, 0.15) is 39.5 Å².